The van der Waals surface area contributed by atoms with Crippen LogP contribution in [0.15, 0.2) is 24.4 Å². The zero-order chi connectivity index (χ0) is 16.8. The highest BCUT2D eigenvalue weighted by Gasteiger charge is 2.51. The van der Waals surface area contributed by atoms with E-state index in [4.69, 9.17) is 21.1 Å². The molecule has 0 aliphatic carbocycles. The van der Waals surface area contributed by atoms with Crippen LogP contribution in [0.25, 0.3) is 0 Å². The van der Waals surface area contributed by atoms with Crippen LogP contribution in [0.2, 0.25) is 5.02 Å². The Balaban J connectivity index is 1.46. The van der Waals surface area contributed by atoms with E-state index < -0.39 is 0 Å². The van der Waals surface area contributed by atoms with Crippen molar-refractivity contribution in [2.75, 3.05) is 18.4 Å². The Hall–Kier alpha value is -1.79. The molecule has 0 saturated carbocycles. The third-order valence-electron chi connectivity index (χ3n) is 4.75. The minimum Gasteiger partial charge on any atom is -0.473 e. The molecule has 4 atom stereocenters. The summed E-state index contributed by atoms with van der Waals surface area (Å²) in [6.07, 6.45) is 6.01. The maximum Gasteiger partial charge on any atom is 0.322 e. The first-order valence-electron chi connectivity index (χ1n) is 8.23. The highest BCUT2D eigenvalue weighted by Crippen LogP contribution is 2.43. The summed E-state index contributed by atoms with van der Waals surface area (Å²) >= 11 is 6.01. The lowest BCUT2D eigenvalue weighted by Crippen LogP contribution is -2.35. The second-order valence-corrected chi connectivity index (χ2v) is 7.22. The Bertz CT molecular complexity index is 674. The molecule has 0 radical (unpaired) electrons. The largest absolute Gasteiger partial charge is 0.473 e. The van der Waals surface area contributed by atoms with Gasteiger partial charge >= 0.3 is 6.03 Å². The summed E-state index contributed by atoms with van der Waals surface area (Å²) in [5, 5.41) is 3.35. The summed E-state index contributed by atoms with van der Waals surface area (Å²) in [5.74, 6) is 1.18. The lowest BCUT2D eigenvalue weighted by Gasteiger charge is -2.21. The van der Waals surface area contributed by atoms with E-state index in [0.29, 0.717) is 41.5 Å². The number of rotatable bonds is 3. The first kappa shape index (κ1) is 15.7. The van der Waals surface area contributed by atoms with E-state index in [9.17, 15) is 4.79 Å². The van der Waals surface area contributed by atoms with Crippen LogP contribution in [0, 0.1) is 11.8 Å². The number of hydrogen-bond acceptors (Lipinski definition) is 4. The van der Waals surface area contributed by atoms with E-state index in [2.05, 4.69) is 22.5 Å². The number of fused-ring (bicyclic) bond motifs is 5. The van der Waals surface area contributed by atoms with Crippen LogP contribution in [-0.2, 0) is 4.74 Å². The molecule has 0 spiro atoms. The summed E-state index contributed by atoms with van der Waals surface area (Å²) in [5.41, 5.74) is 0.496. The van der Waals surface area contributed by atoms with Gasteiger partial charge in [0.25, 0.3) is 0 Å². The van der Waals surface area contributed by atoms with Crippen molar-refractivity contribution in [2.24, 2.45) is 11.8 Å². The van der Waals surface area contributed by atoms with Crippen LogP contribution >= 0.6 is 11.6 Å². The average molecular weight is 350 g/mol. The zero-order valence-electron chi connectivity index (χ0n) is 13.6. The highest BCUT2D eigenvalue weighted by molar-refractivity contribution is 6.30. The highest BCUT2D eigenvalue weighted by atomic mass is 35.5. The molecule has 4 rings (SSSR count). The van der Waals surface area contributed by atoms with Crippen LogP contribution < -0.4 is 10.1 Å². The Morgan fingerprint density at radius 1 is 1.38 bits per heavy atom. The molecule has 2 fully saturated rings. The van der Waals surface area contributed by atoms with Crippen LogP contribution in [-0.4, -0.2) is 47.3 Å². The fraction of sp³-hybridized carbons (Fsp3) is 0.529. The molecule has 6 nitrogen and oxygen atoms in total. The maximum atomic E-state index is 12.7. The van der Waals surface area contributed by atoms with Gasteiger partial charge in [0, 0.05) is 31.1 Å². The molecule has 2 saturated heterocycles. The summed E-state index contributed by atoms with van der Waals surface area (Å²) in [7, 11) is 0. The summed E-state index contributed by atoms with van der Waals surface area (Å²) in [4.78, 5) is 18.7. The Labute approximate surface area is 145 Å². The van der Waals surface area contributed by atoms with Crippen molar-refractivity contribution in [3.05, 3.63) is 29.4 Å². The molecule has 0 aromatic carbocycles. The number of aromatic nitrogens is 1. The Morgan fingerprint density at radius 3 is 2.67 bits per heavy atom. The van der Waals surface area contributed by atoms with E-state index in [1.54, 1.807) is 6.07 Å². The van der Waals surface area contributed by atoms with Crippen molar-refractivity contribution in [3.63, 3.8) is 0 Å². The molecule has 2 amide bonds. The fourth-order valence-corrected chi connectivity index (χ4v) is 3.88. The number of pyridine rings is 1. The van der Waals surface area contributed by atoms with Gasteiger partial charge in [-0.1, -0.05) is 23.8 Å². The van der Waals surface area contributed by atoms with Crippen molar-refractivity contribution in [1.29, 1.82) is 0 Å². The smallest absolute Gasteiger partial charge is 0.322 e. The lowest BCUT2D eigenvalue weighted by molar-refractivity contribution is 0.0892. The predicted molar refractivity (Wildman–Crippen MR) is 90.4 cm³/mol. The van der Waals surface area contributed by atoms with Gasteiger partial charge in [-0.15, -0.1) is 0 Å². The van der Waals surface area contributed by atoms with Gasteiger partial charge in [-0.2, -0.15) is 0 Å². The van der Waals surface area contributed by atoms with Gasteiger partial charge in [-0.05, 0) is 19.9 Å². The van der Waals surface area contributed by atoms with Crippen molar-refractivity contribution in [3.8, 4) is 5.88 Å². The minimum absolute atomic E-state index is 0.0423. The number of ether oxygens (including phenoxy) is 2. The van der Waals surface area contributed by atoms with Crippen LogP contribution in [0.3, 0.4) is 0 Å². The number of nitrogens with one attached hydrogen (secondary N) is 1. The zero-order valence-corrected chi connectivity index (χ0v) is 14.4. The number of urea groups is 1. The molecule has 1 aromatic heterocycles. The van der Waals surface area contributed by atoms with Gasteiger partial charge < -0.3 is 19.7 Å². The van der Waals surface area contributed by atoms with E-state index >= 15 is 0 Å². The van der Waals surface area contributed by atoms with Crippen molar-refractivity contribution >= 4 is 23.3 Å². The predicted octanol–water partition coefficient (Wildman–Crippen LogP) is 2.94. The number of carbonyl (C=O) groups excluding carboxylic acids is 1. The number of hydrogen-bond donors (Lipinski definition) is 1. The fourth-order valence-electron chi connectivity index (χ4n) is 3.72. The third kappa shape index (κ3) is 2.74. The lowest BCUT2D eigenvalue weighted by atomic mass is 9.86. The quantitative estimate of drug-likeness (QED) is 0.852. The minimum atomic E-state index is -0.151. The number of halogens is 1. The Morgan fingerprint density at radius 2 is 2.04 bits per heavy atom. The van der Waals surface area contributed by atoms with E-state index in [0.717, 1.165) is 0 Å². The summed E-state index contributed by atoms with van der Waals surface area (Å²) in [6, 6.07) is 1.51. The molecule has 1 aromatic rings. The molecule has 4 heterocycles. The normalized spacial score (nSPS) is 30.1. The Kier molecular flexibility index (Phi) is 3.89. The molecular weight excluding hydrogens is 330 g/mol. The molecule has 4 unspecified atom stereocenters. The third-order valence-corrected chi connectivity index (χ3v) is 4.96. The van der Waals surface area contributed by atoms with E-state index in [1.807, 2.05) is 18.7 Å². The van der Waals surface area contributed by atoms with E-state index in [-0.39, 0.29) is 24.3 Å². The first-order chi connectivity index (χ1) is 11.5. The number of likely N-dealkylation sites (tertiary alicyclic amines) is 1. The van der Waals surface area contributed by atoms with Crippen LogP contribution in [0.4, 0.5) is 10.5 Å². The molecule has 3 aliphatic rings. The van der Waals surface area contributed by atoms with Gasteiger partial charge in [0.15, 0.2) is 0 Å². The molecule has 1 N–H and O–H groups in total. The van der Waals surface area contributed by atoms with Crippen LogP contribution in [0.1, 0.15) is 13.8 Å². The van der Waals surface area contributed by atoms with Gasteiger partial charge in [0.05, 0.1) is 23.3 Å². The van der Waals surface area contributed by atoms with Crippen molar-refractivity contribution in [1.82, 2.24) is 9.88 Å². The molecule has 24 heavy (non-hydrogen) atoms. The molecule has 7 heteroatoms. The molecular formula is C17H20ClN3O3. The van der Waals surface area contributed by atoms with Gasteiger partial charge in [0.1, 0.15) is 5.69 Å². The number of anilines is 1. The second kappa shape index (κ2) is 5.93. The molecule has 3 aliphatic heterocycles. The molecule has 128 valence electrons. The van der Waals surface area contributed by atoms with Gasteiger partial charge in [0.2, 0.25) is 5.88 Å². The van der Waals surface area contributed by atoms with E-state index in [1.165, 1.54) is 6.20 Å². The summed E-state index contributed by atoms with van der Waals surface area (Å²) in [6.45, 7) is 5.23. The summed E-state index contributed by atoms with van der Waals surface area (Å²) < 4.78 is 11.5. The van der Waals surface area contributed by atoms with Crippen molar-refractivity contribution < 1.29 is 14.3 Å². The average Bonchev–Trinajstić information content (AvgIpc) is 3.20. The van der Waals surface area contributed by atoms with Crippen LogP contribution in [0.5, 0.6) is 5.88 Å². The van der Waals surface area contributed by atoms with Gasteiger partial charge in [-0.3, -0.25) is 0 Å². The number of carbonyl (C=O) groups is 1. The number of nitrogens with zero attached hydrogens (tertiary/aromatic N) is 2. The standard InChI is InChI=1S/C17H20ClN3O3/c1-9(2)23-16-13(5-10(18)6-19-16)20-17(22)21-7-11-12(8-21)15-4-3-14(11)24-15/h3-6,9,11-12,14-15H,7-8H2,1-2H3,(H,20,22). The maximum absolute atomic E-state index is 12.7. The monoisotopic (exact) mass is 349 g/mol. The molecule has 2 bridgehead atoms. The second-order valence-electron chi connectivity index (χ2n) is 6.79. The number of amides is 2. The first-order valence-corrected chi connectivity index (χ1v) is 8.61. The van der Waals surface area contributed by atoms with Gasteiger partial charge in [-0.25, -0.2) is 9.78 Å². The SMILES string of the molecule is CC(C)Oc1ncc(Cl)cc1NC(=O)N1CC2C3C=CC(O3)C2C1. The van der Waals surface area contributed by atoms with Crippen molar-refractivity contribution in [2.45, 2.75) is 32.2 Å². The topological polar surface area (TPSA) is 63.7 Å².